The number of nitro groups is 1. The number of nitrogens with zero attached hydrogens (tertiary/aromatic N) is 2. The third-order valence-electron chi connectivity index (χ3n) is 4.31. The van der Waals surface area contributed by atoms with Crippen molar-refractivity contribution < 1.29 is 19.2 Å². The highest BCUT2D eigenvalue weighted by atomic mass is 32.2. The van der Waals surface area contributed by atoms with Crippen molar-refractivity contribution in [3.63, 3.8) is 0 Å². The molecule has 1 aliphatic heterocycles. The Balaban J connectivity index is 2.02. The van der Waals surface area contributed by atoms with Gasteiger partial charge in [0.25, 0.3) is 17.5 Å². The summed E-state index contributed by atoms with van der Waals surface area (Å²) in [6.45, 7) is 6.40. The molecule has 0 atom stereocenters. The normalized spacial score (nSPS) is 14.1. The fraction of sp³-hybridized carbons (Fsp3) is 0.273. The number of rotatable bonds is 8. The van der Waals surface area contributed by atoms with Crippen LogP contribution in [0, 0.1) is 10.1 Å². The van der Waals surface area contributed by atoms with Gasteiger partial charge in [-0.05, 0) is 36.2 Å². The SMILES string of the molecule is CCCOc1cccc(N2C(=O)C(SC(C)C)=C(c3ccc([N+](=O)[O-])cc3)C2=O)c1. The maximum absolute atomic E-state index is 13.3. The monoisotopic (exact) mass is 426 g/mol. The average molecular weight is 426 g/mol. The summed E-state index contributed by atoms with van der Waals surface area (Å²) in [5.41, 5.74) is 1.08. The van der Waals surface area contributed by atoms with E-state index in [9.17, 15) is 19.7 Å². The predicted octanol–water partition coefficient (Wildman–Crippen LogP) is 4.81. The number of amides is 2. The molecule has 0 N–H and O–H groups in total. The van der Waals surface area contributed by atoms with E-state index in [0.717, 1.165) is 11.3 Å². The van der Waals surface area contributed by atoms with Crippen LogP contribution in [0.4, 0.5) is 11.4 Å². The maximum atomic E-state index is 13.3. The minimum absolute atomic E-state index is 0.0731. The standard InChI is InChI=1S/C22H22N2O5S/c1-4-12-29-18-7-5-6-17(13-18)23-21(25)19(20(22(23)26)30-14(2)3)15-8-10-16(11-9-15)24(27)28/h5-11,13-14H,4,12H2,1-3H3. The van der Waals surface area contributed by atoms with E-state index >= 15 is 0 Å². The second-order valence-corrected chi connectivity index (χ2v) is 8.55. The van der Waals surface area contributed by atoms with Gasteiger partial charge in [0.1, 0.15) is 5.75 Å². The van der Waals surface area contributed by atoms with Crippen LogP contribution in [-0.2, 0) is 9.59 Å². The molecule has 0 saturated carbocycles. The molecule has 2 aromatic carbocycles. The summed E-state index contributed by atoms with van der Waals surface area (Å²) >= 11 is 1.31. The molecule has 0 fully saturated rings. The highest BCUT2D eigenvalue weighted by Crippen LogP contribution is 2.40. The van der Waals surface area contributed by atoms with Gasteiger partial charge in [0.05, 0.1) is 27.7 Å². The lowest BCUT2D eigenvalue weighted by molar-refractivity contribution is -0.384. The van der Waals surface area contributed by atoms with Gasteiger partial charge in [0, 0.05) is 23.4 Å². The number of anilines is 1. The lowest BCUT2D eigenvalue weighted by Gasteiger charge is -2.16. The Bertz CT molecular complexity index is 1010. The third-order valence-corrected chi connectivity index (χ3v) is 5.40. The molecule has 1 heterocycles. The van der Waals surface area contributed by atoms with E-state index in [0.29, 0.717) is 28.5 Å². The molecule has 7 nitrogen and oxygen atoms in total. The fourth-order valence-corrected chi connectivity index (χ4v) is 4.01. The number of carbonyl (C=O) groups excluding carboxylic acids is 2. The van der Waals surface area contributed by atoms with Crippen LogP contribution >= 0.6 is 11.8 Å². The maximum Gasteiger partial charge on any atom is 0.272 e. The molecule has 8 heteroatoms. The summed E-state index contributed by atoms with van der Waals surface area (Å²) in [5, 5.41) is 11.0. The summed E-state index contributed by atoms with van der Waals surface area (Å²) in [6, 6.07) is 12.5. The molecular weight excluding hydrogens is 404 g/mol. The van der Waals surface area contributed by atoms with Crippen molar-refractivity contribution in [2.75, 3.05) is 11.5 Å². The zero-order valence-corrected chi connectivity index (χ0v) is 17.8. The van der Waals surface area contributed by atoms with Crippen molar-refractivity contribution in [1.82, 2.24) is 0 Å². The third kappa shape index (κ3) is 4.38. The van der Waals surface area contributed by atoms with Crippen molar-refractivity contribution in [2.24, 2.45) is 0 Å². The van der Waals surface area contributed by atoms with Crippen LogP contribution in [0.1, 0.15) is 32.8 Å². The number of thioether (sulfide) groups is 1. The van der Waals surface area contributed by atoms with Crippen LogP contribution in [0.5, 0.6) is 5.75 Å². The summed E-state index contributed by atoms with van der Waals surface area (Å²) in [5.74, 6) is -0.277. The predicted molar refractivity (Wildman–Crippen MR) is 117 cm³/mol. The van der Waals surface area contributed by atoms with Gasteiger partial charge in [-0.15, -0.1) is 11.8 Å². The number of carbonyl (C=O) groups is 2. The van der Waals surface area contributed by atoms with E-state index in [-0.39, 0.29) is 16.5 Å². The van der Waals surface area contributed by atoms with Gasteiger partial charge in [-0.3, -0.25) is 19.7 Å². The van der Waals surface area contributed by atoms with Gasteiger partial charge >= 0.3 is 0 Å². The topological polar surface area (TPSA) is 89.8 Å². The Hall–Kier alpha value is -3.13. The molecule has 0 aromatic heterocycles. The number of non-ortho nitro benzene ring substituents is 1. The zero-order chi connectivity index (χ0) is 21.8. The first kappa shape index (κ1) is 21.6. The van der Waals surface area contributed by atoms with Gasteiger partial charge in [0.2, 0.25) is 0 Å². The van der Waals surface area contributed by atoms with Gasteiger partial charge in [0.15, 0.2) is 0 Å². The van der Waals surface area contributed by atoms with Gasteiger partial charge in [-0.25, -0.2) is 4.90 Å². The van der Waals surface area contributed by atoms with Gasteiger partial charge in [-0.1, -0.05) is 26.8 Å². The minimum atomic E-state index is -0.502. The molecule has 0 radical (unpaired) electrons. The van der Waals surface area contributed by atoms with E-state index in [1.807, 2.05) is 20.8 Å². The van der Waals surface area contributed by atoms with Crippen LogP contribution in [0.25, 0.3) is 5.57 Å². The lowest BCUT2D eigenvalue weighted by Crippen LogP contribution is -2.31. The fourth-order valence-electron chi connectivity index (χ4n) is 3.03. The van der Waals surface area contributed by atoms with Crippen LogP contribution in [0.2, 0.25) is 0 Å². The van der Waals surface area contributed by atoms with Crippen molar-refractivity contribution in [2.45, 2.75) is 32.4 Å². The Morgan fingerprint density at radius 1 is 1.10 bits per heavy atom. The van der Waals surface area contributed by atoms with Crippen LogP contribution in [0.3, 0.4) is 0 Å². The van der Waals surface area contributed by atoms with E-state index < -0.39 is 16.7 Å². The molecule has 2 amide bonds. The Kier molecular flexibility index (Phi) is 6.56. The second kappa shape index (κ2) is 9.13. The van der Waals surface area contributed by atoms with Crippen molar-refractivity contribution in [3.8, 4) is 5.75 Å². The first-order valence-corrected chi connectivity index (χ1v) is 10.5. The second-order valence-electron chi connectivity index (χ2n) is 6.97. The Morgan fingerprint density at radius 2 is 1.80 bits per heavy atom. The lowest BCUT2D eigenvalue weighted by atomic mass is 10.1. The number of hydrogen-bond acceptors (Lipinski definition) is 6. The highest BCUT2D eigenvalue weighted by Gasteiger charge is 2.40. The molecule has 0 spiro atoms. The zero-order valence-electron chi connectivity index (χ0n) is 17.0. The first-order chi connectivity index (χ1) is 14.3. The average Bonchev–Trinajstić information content (AvgIpc) is 2.95. The Morgan fingerprint density at radius 3 is 2.40 bits per heavy atom. The minimum Gasteiger partial charge on any atom is -0.494 e. The molecule has 156 valence electrons. The summed E-state index contributed by atoms with van der Waals surface area (Å²) in [4.78, 5) is 38.5. The summed E-state index contributed by atoms with van der Waals surface area (Å²) in [7, 11) is 0. The largest absolute Gasteiger partial charge is 0.494 e. The van der Waals surface area contributed by atoms with Gasteiger partial charge in [-0.2, -0.15) is 0 Å². The molecule has 30 heavy (non-hydrogen) atoms. The van der Waals surface area contributed by atoms with E-state index in [2.05, 4.69) is 0 Å². The number of benzene rings is 2. The van der Waals surface area contributed by atoms with Crippen LogP contribution < -0.4 is 9.64 Å². The molecule has 0 unspecified atom stereocenters. The van der Waals surface area contributed by atoms with Crippen LogP contribution in [-0.4, -0.2) is 28.6 Å². The molecule has 1 aliphatic rings. The number of hydrogen-bond donors (Lipinski definition) is 0. The number of nitro benzene ring substituents is 1. The molecule has 0 aliphatic carbocycles. The molecule has 2 aromatic rings. The number of imide groups is 1. The molecular formula is C22H22N2O5S. The van der Waals surface area contributed by atoms with Crippen LogP contribution in [0.15, 0.2) is 53.4 Å². The van der Waals surface area contributed by atoms with E-state index in [1.54, 1.807) is 24.3 Å². The van der Waals surface area contributed by atoms with E-state index in [4.69, 9.17) is 4.74 Å². The van der Waals surface area contributed by atoms with E-state index in [1.165, 1.54) is 36.0 Å². The van der Waals surface area contributed by atoms with Crippen molar-refractivity contribution in [3.05, 3.63) is 69.1 Å². The summed E-state index contributed by atoms with van der Waals surface area (Å²) in [6.07, 6.45) is 0.840. The molecule has 0 saturated heterocycles. The highest BCUT2D eigenvalue weighted by molar-refractivity contribution is 8.04. The molecule has 0 bridgehead atoms. The first-order valence-electron chi connectivity index (χ1n) is 9.60. The molecule has 3 rings (SSSR count). The Labute approximate surface area is 178 Å². The van der Waals surface area contributed by atoms with Gasteiger partial charge < -0.3 is 4.74 Å². The van der Waals surface area contributed by atoms with Crippen molar-refractivity contribution >= 4 is 40.5 Å². The summed E-state index contributed by atoms with van der Waals surface area (Å²) < 4.78 is 5.63. The number of ether oxygens (including phenoxy) is 1. The smallest absolute Gasteiger partial charge is 0.272 e. The van der Waals surface area contributed by atoms with Crippen molar-refractivity contribution in [1.29, 1.82) is 0 Å². The quantitative estimate of drug-likeness (QED) is 0.342.